The molecule has 1 heterocycles. The second-order valence-corrected chi connectivity index (χ2v) is 5.80. The zero-order valence-corrected chi connectivity index (χ0v) is 13.5. The molecule has 24 heavy (non-hydrogen) atoms. The highest BCUT2D eigenvalue weighted by molar-refractivity contribution is 5.73. The molecule has 2 aromatic carbocycles. The standard InChI is InChI=1S/C11H16N2.C8H8O3/c12-10-7-4-8-13-11(10)9-5-2-1-3-6-9;9-7(8(10)11)6-4-2-1-3-5-6/h1-3,5-6,10-11,13H,4,7-8,12H2;1-5,7,9H,(H,10,11). The third-order valence-electron chi connectivity index (χ3n) is 4.01. The first-order valence-corrected chi connectivity index (χ1v) is 8.09. The molecule has 2 aromatic rings. The van der Waals surface area contributed by atoms with Crippen molar-refractivity contribution in [3.05, 3.63) is 71.8 Å². The van der Waals surface area contributed by atoms with Gasteiger partial charge < -0.3 is 21.3 Å². The van der Waals surface area contributed by atoms with E-state index in [4.69, 9.17) is 15.9 Å². The maximum Gasteiger partial charge on any atom is 0.337 e. The molecular formula is C19H24N2O3. The Bertz CT molecular complexity index is 619. The Balaban J connectivity index is 0.000000177. The van der Waals surface area contributed by atoms with Crippen LogP contribution in [0.15, 0.2) is 60.7 Å². The summed E-state index contributed by atoms with van der Waals surface area (Å²) in [4.78, 5) is 10.2. The summed E-state index contributed by atoms with van der Waals surface area (Å²) in [5, 5.41) is 20.8. The van der Waals surface area contributed by atoms with Gasteiger partial charge >= 0.3 is 5.97 Å². The van der Waals surface area contributed by atoms with Crippen LogP contribution < -0.4 is 11.1 Å². The Morgan fingerprint density at radius 2 is 1.67 bits per heavy atom. The fourth-order valence-electron chi connectivity index (χ4n) is 2.72. The second kappa shape index (κ2) is 9.17. The summed E-state index contributed by atoms with van der Waals surface area (Å²) in [7, 11) is 0. The molecule has 5 heteroatoms. The molecule has 5 nitrogen and oxygen atoms in total. The number of rotatable bonds is 3. The summed E-state index contributed by atoms with van der Waals surface area (Å²) in [5.41, 5.74) is 7.77. The molecule has 1 aliphatic heterocycles. The summed E-state index contributed by atoms with van der Waals surface area (Å²) in [5.74, 6) is -1.23. The Morgan fingerprint density at radius 1 is 1.08 bits per heavy atom. The SMILES string of the molecule is NC1CCCNC1c1ccccc1.O=C(O)C(O)c1ccccc1. The molecular weight excluding hydrogens is 304 g/mol. The average molecular weight is 328 g/mol. The van der Waals surface area contributed by atoms with Gasteiger partial charge in [-0.2, -0.15) is 0 Å². The van der Waals surface area contributed by atoms with Crippen molar-refractivity contribution >= 4 is 5.97 Å². The summed E-state index contributed by atoms with van der Waals surface area (Å²) in [6.07, 6.45) is 0.924. The number of benzene rings is 2. The average Bonchev–Trinajstić information content (AvgIpc) is 2.63. The number of nitrogens with one attached hydrogen (secondary N) is 1. The van der Waals surface area contributed by atoms with Crippen LogP contribution in [0.4, 0.5) is 0 Å². The van der Waals surface area contributed by atoms with Crippen molar-refractivity contribution in [3.8, 4) is 0 Å². The number of aliphatic carboxylic acids is 1. The van der Waals surface area contributed by atoms with Gasteiger partial charge in [-0.15, -0.1) is 0 Å². The largest absolute Gasteiger partial charge is 0.479 e. The first kappa shape index (κ1) is 18.1. The molecule has 3 rings (SSSR count). The molecule has 0 spiro atoms. The predicted octanol–water partition coefficient (Wildman–Crippen LogP) is 2.24. The van der Waals surface area contributed by atoms with E-state index in [2.05, 4.69) is 29.6 Å². The van der Waals surface area contributed by atoms with Gasteiger partial charge in [0.2, 0.25) is 0 Å². The molecule has 1 fully saturated rings. The molecule has 0 bridgehead atoms. The molecule has 3 atom stereocenters. The van der Waals surface area contributed by atoms with Crippen LogP contribution in [0, 0.1) is 0 Å². The number of carboxylic acid groups (broad SMARTS) is 1. The highest BCUT2D eigenvalue weighted by atomic mass is 16.4. The molecule has 0 aromatic heterocycles. The number of hydrogen-bond acceptors (Lipinski definition) is 4. The lowest BCUT2D eigenvalue weighted by atomic mass is 9.93. The van der Waals surface area contributed by atoms with Crippen LogP contribution in [-0.2, 0) is 4.79 Å². The first-order valence-electron chi connectivity index (χ1n) is 8.09. The van der Waals surface area contributed by atoms with E-state index in [0.29, 0.717) is 11.6 Å². The van der Waals surface area contributed by atoms with E-state index in [1.807, 2.05) is 6.07 Å². The monoisotopic (exact) mass is 328 g/mol. The van der Waals surface area contributed by atoms with Gasteiger partial charge in [0.15, 0.2) is 6.10 Å². The Hall–Kier alpha value is -2.21. The summed E-state index contributed by atoms with van der Waals surface area (Å²) < 4.78 is 0. The van der Waals surface area contributed by atoms with E-state index in [1.165, 1.54) is 12.0 Å². The molecule has 1 aliphatic rings. The van der Waals surface area contributed by atoms with Gasteiger partial charge in [-0.25, -0.2) is 4.79 Å². The Kier molecular flexibility index (Phi) is 6.93. The highest BCUT2D eigenvalue weighted by Gasteiger charge is 2.22. The summed E-state index contributed by atoms with van der Waals surface area (Å²) >= 11 is 0. The Labute approximate surface area is 142 Å². The number of aliphatic hydroxyl groups excluding tert-OH is 1. The molecule has 5 N–H and O–H groups in total. The van der Waals surface area contributed by atoms with E-state index in [0.717, 1.165) is 13.0 Å². The summed E-state index contributed by atoms with van der Waals surface area (Å²) in [6.45, 7) is 1.09. The third kappa shape index (κ3) is 5.16. The molecule has 0 aliphatic carbocycles. The summed E-state index contributed by atoms with van der Waals surface area (Å²) in [6, 6.07) is 19.4. The second-order valence-electron chi connectivity index (χ2n) is 5.80. The topological polar surface area (TPSA) is 95.6 Å². The minimum Gasteiger partial charge on any atom is -0.479 e. The van der Waals surface area contributed by atoms with Gasteiger partial charge in [0.25, 0.3) is 0 Å². The van der Waals surface area contributed by atoms with Gasteiger partial charge in [0.1, 0.15) is 0 Å². The number of carboxylic acids is 1. The van der Waals surface area contributed by atoms with Crippen LogP contribution in [0.5, 0.6) is 0 Å². The van der Waals surface area contributed by atoms with Gasteiger partial charge in [0, 0.05) is 12.1 Å². The van der Waals surface area contributed by atoms with Crippen molar-refractivity contribution in [2.75, 3.05) is 6.54 Å². The highest BCUT2D eigenvalue weighted by Crippen LogP contribution is 2.21. The molecule has 0 saturated carbocycles. The zero-order valence-electron chi connectivity index (χ0n) is 13.5. The predicted molar refractivity (Wildman–Crippen MR) is 93.4 cm³/mol. The van der Waals surface area contributed by atoms with Crippen LogP contribution in [0.3, 0.4) is 0 Å². The smallest absolute Gasteiger partial charge is 0.337 e. The van der Waals surface area contributed by atoms with Crippen molar-refractivity contribution in [1.82, 2.24) is 5.32 Å². The van der Waals surface area contributed by atoms with Crippen LogP contribution in [0.1, 0.15) is 36.1 Å². The maximum absolute atomic E-state index is 10.2. The van der Waals surface area contributed by atoms with E-state index in [9.17, 15) is 4.79 Å². The van der Waals surface area contributed by atoms with Crippen molar-refractivity contribution in [1.29, 1.82) is 0 Å². The third-order valence-corrected chi connectivity index (χ3v) is 4.01. The van der Waals surface area contributed by atoms with Gasteiger partial charge in [-0.1, -0.05) is 60.7 Å². The fraction of sp³-hybridized carbons (Fsp3) is 0.316. The van der Waals surface area contributed by atoms with Gasteiger partial charge in [-0.3, -0.25) is 0 Å². The minimum absolute atomic E-state index is 0.274. The number of hydrogen-bond donors (Lipinski definition) is 4. The van der Waals surface area contributed by atoms with Crippen LogP contribution in [0.25, 0.3) is 0 Å². The molecule has 1 saturated heterocycles. The lowest BCUT2D eigenvalue weighted by Gasteiger charge is -2.30. The molecule has 128 valence electrons. The van der Waals surface area contributed by atoms with E-state index in [1.54, 1.807) is 30.3 Å². The van der Waals surface area contributed by atoms with E-state index < -0.39 is 12.1 Å². The number of carbonyl (C=O) groups is 1. The van der Waals surface area contributed by atoms with Crippen LogP contribution in [-0.4, -0.2) is 28.8 Å². The van der Waals surface area contributed by atoms with Crippen molar-refractivity contribution in [3.63, 3.8) is 0 Å². The normalized spacial score (nSPS) is 21.2. The van der Waals surface area contributed by atoms with E-state index >= 15 is 0 Å². The van der Waals surface area contributed by atoms with Gasteiger partial charge in [0.05, 0.1) is 0 Å². The minimum atomic E-state index is -1.41. The molecule has 0 radical (unpaired) electrons. The maximum atomic E-state index is 10.2. The number of piperidine rings is 1. The van der Waals surface area contributed by atoms with Crippen LogP contribution >= 0.6 is 0 Å². The van der Waals surface area contributed by atoms with Crippen LogP contribution in [0.2, 0.25) is 0 Å². The number of aliphatic hydroxyl groups is 1. The lowest BCUT2D eigenvalue weighted by molar-refractivity contribution is -0.146. The lowest BCUT2D eigenvalue weighted by Crippen LogP contribution is -2.42. The van der Waals surface area contributed by atoms with Crippen molar-refractivity contribution in [2.45, 2.75) is 31.0 Å². The fourth-order valence-corrected chi connectivity index (χ4v) is 2.72. The zero-order chi connectivity index (χ0) is 17.4. The molecule has 3 unspecified atom stereocenters. The van der Waals surface area contributed by atoms with E-state index in [-0.39, 0.29) is 6.04 Å². The quantitative estimate of drug-likeness (QED) is 0.693. The first-order chi connectivity index (χ1) is 11.6. The van der Waals surface area contributed by atoms with Crippen molar-refractivity contribution in [2.24, 2.45) is 5.73 Å². The molecule has 0 amide bonds. The van der Waals surface area contributed by atoms with Gasteiger partial charge in [-0.05, 0) is 30.5 Å². The van der Waals surface area contributed by atoms with Crippen molar-refractivity contribution < 1.29 is 15.0 Å². The number of nitrogens with two attached hydrogens (primary N) is 1. The Morgan fingerprint density at radius 3 is 2.21 bits per heavy atom.